The van der Waals surface area contributed by atoms with Gasteiger partial charge in [0.25, 0.3) is 0 Å². The maximum absolute atomic E-state index is 12.6. The zero-order chi connectivity index (χ0) is 15.8. The first-order valence-corrected chi connectivity index (χ1v) is 9.05. The molecule has 0 amide bonds. The van der Waals surface area contributed by atoms with Gasteiger partial charge in [0, 0.05) is 18.1 Å². The van der Waals surface area contributed by atoms with Crippen LogP contribution in [0.3, 0.4) is 0 Å². The topological polar surface area (TPSA) is 66.4 Å². The van der Waals surface area contributed by atoms with E-state index in [-0.39, 0.29) is 23.0 Å². The van der Waals surface area contributed by atoms with Crippen LogP contribution >= 0.6 is 0 Å². The Morgan fingerprint density at radius 3 is 2.68 bits per heavy atom. The first-order valence-electron chi connectivity index (χ1n) is 7.57. The second-order valence-electron chi connectivity index (χ2n) is 6.39. The molecule has 22 heavy (non-hydrogen) atoms. The molecule has 1 aliphatic rings. The fourth-order valence-electron chi connectivity index (χ4n) is 3.21. The van der Waals surface area contributed by atoms with Crippen molar-refractivity contribution in [3.63, 3.8) is 0 Å². The highest BCUT2D eigenvalue weighted by Crippen LogP contribution is 2.38. The van der Waals surface area contributed by atoms with Crippen LogP contribution in [0.15, 0.2) is 47.4 Å². The molecule has 1 fully saturated rings. The van der Waals surface area contributed by atoms with E-state index in [4.69, 9.17) is 0 Å². The van der Waals surface area contributed by atoms with Crippen molar-refractivity contribution in [2.45, 2.75) is 37.1 Å². The average Bonchev–Trinajstić information content (AvgIpc) is 2.88. The first-order chi connectivity index (χ1) is 10.4. The minimum atomic E-state index is -3.58. The Kier molecular flexibility index (Phi) is 3.97. The maximum atomic E-state index is 12.6. The van der Waals surface area contributed by atoms with Crippen LogP contribution in [-0.4, -0.2) is 26.2 Å². The van der Waals surface area contributed by atoms with Gasteiger partial charge in [-0.15, -0.1) is 0 Å². The maximum Gasteiger partial charge on any atom is 0.240 e. The molecule has 0 radical (unpaired) electrons. The monoisotopic (exact) mass is 319 g/mol. The van der Waals surface area contributed by atoms with Crippen LogP contribution in [0, 0.1) is 5.41 Å². The number of hydrogen-bond donors (Lipinski definition) is 2. The summed E-state index contributed by atoms with van der Waals surface area (Å²) in [5.74, 6) is 0. The molecule has 1 saturated carbocycles. The van der Waals surface area contributed by atoms with Crippen LogP contribution < -0.4 is 4.72 Å². The highest BCUT2D eigenvalue weighted by Gasteiger charge is 2.40. The zero-order valence-electron chi connectivity index (χ0n) is 12.6. The van der Waals surface area contributed by atoms with Gasteiger partial charge in [0.2, 0.25) is 10.0 Å². The van der Waals surface area contributed by atoms with Gasteiger partial charge in [0.15, 0.2) is 0 Å². The summed E-state index contributed by atoms with van der Waals surface area (Å²) in [4.78, 5) is 0.276. The molecule has 2 atom stereocenters. The Hall–Kier alpha value is -1.43. The lowest BCUT2D eigenvalue weighted by Crippen LogP contribution is -2.44. The molecule has 0 saturated heterocycles. The number of hydrogen-bond acceptors (Lipinski definition) is 3. The summed E-state index contributed by atoms with van der Waals surface area (Å²) in [6.45, 7) is 1.94. The summed E-state index contributed by atoms with van der Waals surface area (Å²) in [6.07, 6.45) is 2.54. The molecular weight excluding hydrogens is 298 g/mol. The van der Waals surface area contributed by atoms with Gasteiger partial charge in [0.1, 0.15) is 0 Å². The Balaban J connectivity index is 1.91. The summed E-state index contributed by atoms with van der Waals surface area (Å²) in [6, 6.07) is 12.6. The van der Waals surface area contributed by atoms with Crippen LogP contribution in [0.2, 0.25) is 0 Å². The molecule has 5 heteroatoms. The molecule has 0 bridgehead atoms. The Bertz CT molecular complexity index is 787. The largest absolute Gasteiger partial charge is 0.396 e. The normalized spacial score (nSPS) is 25.6. The van der Waals surface area contributed by atoms with Crippen LogP contribution in [0.1, 0.15) is 26.2 Å². The summed E-state index contributed by atoms with van der Waals surface area (Å²) in [5.41, 5.74) is -0.371. The van der Waals surface area contributed by atoms with Gasteiger partial charge in [-0.3, -0.25) is 0 Å². The number of fused-ring (bicyclic) bond motifs is 1. The zero-order valence-corrected chi connectivity index (χ0v) is 13.4. The molecule has 2 aromatic rings. The van der Waals surface area contributed by atoms with E-state index < -0.39 is 10.0 Å². The second-order valence-corrected chi connectivity index (χ2v) is 8.10. The van der Waals surface area contributed by atoms with E-state index in [0.29, 0.717) is 0 Å². The highest BCUT2D eigenvalue weighted by molar-refractivity contribution is 7.89. The average molecular weight is 319 g/mol. The van der Waals surface area contributed by atoms with Gasteiger partial charge in [-0.1, -0.05) is 43.7 Å². The van der Waals surface area contributed by atoms with E-state index in [0.717, 1.165) is 30.0 Å². The third kappa shape index (κ3) is 2.76. The van der Waals surface area contributed by atoms with E-state index in [1.165, 1.54) is 0 Å². The summed E-state index contributed by atoms with van der Waals surface area (Å²) in [7, 11) is -3.58. The van der Waals surface area contributed by atoms with E-state index >= 15 is 0 Å². The fourth-order valence-corrected chi connectivity index (χ4v) is 4.66. The van der Waals surface area contributed by atoms with E-state index in [9.17, 15) is 13.5 Å². The van der Waals surface area contributed by atoms with Crippen LogP contribution in [0.25, 0.3) is 10.8 Å². The molecule has 2 N–H and O–H groups in total. The molecule has 2 aromatic carbocycles. The molecule has 0 aliphatic heterocycles. The molecule has 3 rings (SSSR count). The minimum Gasteiger partial charge on any atom is -0.396 e. The van der Waals surface area contributed by atoms with Crippen LogP contribution in [0.4, 0.5) is 0 Å². The van der Waals surface area contributed by atoms with Crippen LogP contribution in [0.5, 0.6) is 0 Å². The third-order valence-corrected chi connectivity index (χ3v) is 6.24. The predicted octanol–water partition coefficient (Wildman–Crippen LogP) is 2.67. The number of benzene rings is 2. The van der Waals surface area contributed by atoms with Gasteiger partial charge in [0.05, 0.1) is 4.90 Å². The Morgan fingerprint density at radius 1 is 1.23 bits per heavy atom. The highest BCUT2D eigenvalue weighted by atomic mass is 32.2. The van der Waals surface area contributed by atoms with Gasteiger partial charge < -0.3 is 5.11 Å². The van der Waals surface area contributed by atoms with E-state index in [2.05, 4.69) is 4.72 Å². The number of sulfonamides is 1. The van der Waals surface area contributed by atoms with Crippen molar-refractivity contribution >= 4 is 20.8 Å². The molecule has 0 spiro atoms. The lowest BCUT2D eigenvalue weighted by atomic mass is 9.86. The Labute approximate surface area is 131 Å². The van der Waals surface area contributed by atoms with Crippen molar-refractivity contribution in [2.24, 2.45) is 5.41 Å². The molecule has 0 aromatic heterocycles. The second kappa shape index (κ2) is 5.65. The SMILES string of the molecule is CC1(CO)CCCC1NS(=O)(=O)c1ccc2ccccc2c1. The standard InChI is InChI=1S/C17H21NO3S/c1-17(12-19)10-4-7-16(17)18-22(20,21)15-9-8-13-5-2-3-6-14(13)11-15/h2-3,5-6,8-9,11,16,18-19H,4,7,10,12H2,1H3. The van der Waals surface area contributed by atoms with E-state index in [1.54, 1.807) is 12.1 Å². The Morgan fingerprint density at radius 2 is 1.95 bits per heavy atom. The molecule has 0 heterocycles. The number of aliphatic hydroxyl groups is 1. The fraction of sp³-hybridized carbons (Fsp3) is 0.412. The summed E-state index contributed by atoms with van der Waals surface area (Å²) in [5, 5.41) is 11.5. The van der Waals surface area contributed by atoms with Crippen molar-refractivity contribution < 1.29 is 13.5 Å². The lowest BCUT2D eigenvalue weighted by Gasteiger charge is -2.29. The van der Waals surface area contributed by atoms with Crippen molar-refractivity contribution in [1.82, 2.24) is 4.72 Å². The van der Waals surface area contributed by atoms with Gasteiger partial charge in [-0.2, -0.15) is 0 Å². The summed E-state index contributed by atoms with van der Waals surface area (Å²) < 4.78 is 28.1. The smallest absolute Gasteiger partial charge is 0.240 e. The molecule has 2 unspecified atom stereocenters. The quantitative estimate of drug-likeness (QED) is 0.910. The van der Waals surface area contributed by atoms with Crippen molar-refractivity contribution in [1.29, 1.82) is 0 Å². The van der Waals surface area contributed by atoms with Gasteiger partial charge >= 0.3 is 0 Å². The summed E-state index contributed by atoms with van der Waals surface area (Å²) >= 11 is 0. The van der Waals surface area contributed by atoms with Crippen molar-refractivity contribution in [2.75, 3.05) is 6.61 Å². The van der Waals surface area contributed by atoms with Crippen molar-refractivity contribution in [3.05, 3.63) is 42.5 Å². The van der Waals surface area contributed by atoms with Crippen molar-refractivity contribution in [3.8, 4) is 0 Å². The lowest BCUT2D eigenvalue weighted by molar-refractivity contribution is 0.127. The minimum absolute atomic E-state index is 0.00208. The van der Waals surface area contributed by atoms with Gasteiger partial charge in [-0.25, -0.2) is 13.1 Å². The van der Waals surface area contributed by atoms with Gasteiger partial charge in [-0.05, 0) is 35.7 Å². The first kappa shape index (κ1) is 15.5. The molecule has 118 valence electrons. The molecule has 1 aliphatic carbocycles. The van der Waals surface area contributed by atoms with E-state index in [1.807, 2.05) is 37.3 Å². The molecular formula is C17H21NO3S. The predicted molar refractivity (Wildman–Crippen MR) is 87.1 cm³/mol. The number of aliphatic hydroxyl groups excluding tert-OH is 1. The third-order valence-electron chi connectivity index (χ3n) is 4.77. The number of rotatable bonds is 4. The van der Waals surface area contributed by atoms with Crippen LogP contribution in [-0.2, 0) is 10.0 Å². The number of nitrogens with one attached hydrogen (secondary N) is 1. The molecule has 4 nitrogen and oxygen atoms in total.